The largest absolute Gasteiger partial charge is 0.325 e. The van der Waals surface area contributed by atoms with Crippen LogP contribution in [-0.2, 0) is 14.8 Å². The third-order valence-electron chi connectivity index (χ3n) is 2.64. The molecular formula is C12H19N3O3S. The Morgan fingerprint density at radius 2 is 2.11 bits per heavy atom. The Kier molecular flexibility index (Phi) is 5.46. The third-order valence-corrected chi connectivity index (χ3v) is 3.55. The quantitative estimate of drug-likeness (QED) is 0.716. The van der Waals surface area contributed by atoms with Crippen LogP contribution in [0.2, 0.25) is 0 Å². The number of anilines is 1. The zero-order valence-corrected chi connectivity index (χ0v) is 11.6. The number of nitrogens with one attached hydrogen (secondary N) is 1. The van der Waals surface area contributed by atoms with Gasteiger partial charge in [0, 0.05) is 5.69 Å². The number of rotatable bonds is 6. The molecule has 1 aromatic rings. The van der Waals surface area contributed by atoms with Crippen molar-refractivity contribution in [2.24, 2.45) is 10.9 Å². The van der Waals surface area contributed by atoms with Gasteiger partial charge >= 0.3 is 0 Å². The van der Waals surface area contributed by atoms with Crippen molar-refractivity contribution in [2.45, 2.75) is 37.1 Å². The van der Waals surface area contributed by atoms with Crippen molar-refractivity contribution < 1.29 is 13.2 Å². The number of sulfonamides is 1. The van der Waals surface area contributed by atoms with Crippen LogP contribution >= 0.6 is 0 Å². The number of benzene rings is 1. The second-order valence-electron chi connectivity index (χ2n) is 4.31. The van der Waals surface area contributed by atoms with Gasteiger partial charge in [-0.15, -0.1) is 0 Å². The Labute approximate surface area is 113 Å². The number of nitrogens with two attached hydrogens (primary N) is 2. The second kappa shape index (κ2) is 6.65. The first-order valence-corrected chi connectivity index (χ1v) is 7.58. The van der Waals surface area contributed by atoms with E-state index in [1.165, 1.54) is 18.2 Å². The first kappa shape index (κ1) is 15.6. The molecule has 5 N–H and O–H groups in total. The van der Waals surface area contributed by atoms with Crippen molar-refractivity contribution in [1.29, 1.82) is 0 Å². The van der Waals surface area contributed by atoms with E-state index in [-0.39, 0.29) is 10.8 Å². The number of hydrogen-bond donors (Lipinski definition) is 3. The average molecular weight is 285 g/mol. The van der Waals surface area contributed by atoms with Crippen LogP contribution in [0.1, 0.15) is 26.2 Å². The fraction of sp³-hybridized carbons (Fsp3) is 0.417. The molecule has 19 heavy (non-hydrogen) atoms. The number of primary sulfonamides is 1. The number of hydrogen-bond acceptors (Lipinski definition) is 4. The van der Waals surface area contributed by atoms with Crippen LogP contribution < -0.4 is 16.2 Å². The molecule has 0 radical (unpaired) electrons. The Morgan fingerprint density at radius 3 is 2.68 bits per heavy atom. The SMILES string of the molecule is CCCCC(N)C(=O)Nc1cccc(S(N)(=O)=O)c1. The Hall–Kier alpha value is -1.44. The molecule has 0 aliphatic carbocycles. The molecule has 1 amide bonds. The summed E-state index contributed by atoms with van der Waals surface area (Å²) < 4.78 is 22.4. The summed E-state index contributed by atoms with van der Waals surface area (Å²) in [5.41, 5.74) is 6.08. The lowest BCUT2D eigenvalue weighted by atomic mass is 10.1. The second-order valence-corrected chi connectivity index (χ2v) is 5.87. The van der Waals surface area contributed by atoms with E-state index in [1.807, 2.05) is 6.92 Å². The number of carbonyl (C=O) groups is 1. The van der Waals surface area contributed by atoms with Gasteiger partial charge in [0.15, 0.2) is 0 Å². The highest BCUT2D eigenvalue weighted by atomic mass is 32.2. The summed E-state index contributed by atoms with van der Waals surface area (Å²) in [5.74, 6) is -0.333. The molecule has 1 rings (SSSR count). The van der Waals surface area contributed by atoms with Crippen LogP contribution in [0.25, 0.3) is 0 Å². The molecule has 0 saturated heterocycles. The van der Waals surface area contributed by atoms with E-state index in [0.29, 0.717) is 12.1 Å². The molecule has 1 unspecified atom stereocenters. The highest BCUT2D eigenvalue weighted by molar-refractivity contribution is 7.89. The maximum Gasteiger partial charge on any atom is 0.241 e. The summed E-state index contributed by atoms with van der Waals surface area (Å²) >= 11 is 0. The molecule has 1 aromatic carbocycles. The molecule has 1 atom stereocenters. The smallest absolute Gasteiger partial charge is 0.241 e. The molecule has 0 spiro atoms. The van der Waals surface area contributed by atoms with Gasteiger partial charge < -0.3 is 11.1 Å². The van der Waals surface area contributed by atoms with Crippen LogP contribution in [0.15, 0.2) is 29.2 Å². The van der Waals surface area contributed by atoms with Gasteiger partial charge in [-0.3, -0.25) is 4.79 Å². The molecule has 0 aliphatic heterocycles. The maximum absolute atomic E-state index is 11.8. The van der Waals surface area contributed by atoms with E-state index in [0.717, 1.165) is 12.8 Å². The lowest BCUT2D eigenvalue weighted by Crippen LogP contribution is -2.35. The predicted octanol–water partition coefficient (Wildman–Crippen LogP) is 0.790. The molecule has 7 heteroatoms. The number of amides is 1. The highest BCUT2D eigenvalue weighted by Gasteiger charge is 2.14. The molecule has 106 valence electrons. The van der Waals surface area contributed by atoms with E-state index in [4.69, 9.17) is 10.9 Å². The maximum atomic E-state index is 11.8. The topological polar surface area (TPSA) is 115 Å². The summed E-state index contributed by atoms with van der Waals surface area (Å²) in [5, 5.41) is 7.60. The Balaban J connectivity index is 2.75. The molecule has 0 saturated carbocycles. The lowest BCUT2D eigenvalue weighted by molar-refractivity contribution is -0.117. The third kappa shape index (κ3) is 4.98. The van der Waals surface area contributed by atoms with Crippen molar-refractivity contribution in [3.05, 3.63) is 24.3 Å². The van der Waals surface area contributed by atoms with Crippen LogP contribution in [0.5, 0.6) is 0 Å². The summed E-state index contributed by atoms with van der Waals surface area (Å²) in [6.07, 6.45) is 2.42. The van der Waals surface area contributed by atoms with E-state index in [9.17, 15) is 13.2 Å². The van der Waals surface area contributed by atoms with E-state index in [2.05, 4.69) is 5.32 Å². The van der Waals surface area contributed by atoms with Gasteiger partial charge in [0.2, 0.25) is 15.9 Å². The lowest BCUT2D eigenvalue weighted by Gasteiger charge is -2.12. The Bertz CT molecular complexity index is 543. The predicted molar refractivity (Wildman–Crippen MR) is 73.9 cm³/mol. The average Bonchev–Trinajstić information content (AvgIpc) is 2.35. The van der Waals surface area contributed by atoms with Gasteiger partial charge in [-0.25, -0.2) is 13.6 Å². The minimum absolute atomic E-state index is 0.0487. The molecule has 0 bridgehead atoms. The number of carbonyl (C=O) groups excluding carboxylic acids is 1. The normalized spacial score (nSPS) is 13.0. The van der Waals surface area contributed by atoms with E-state index in [1.54, 1.807) is 6.07 Å². The van der Waals surface area contributed by atoms with Gasteiger partial charge in [0.25, 0.3) is 0 Å². The van der Waals surface area contributed by atoms with Gasteiger partial charge in [0.1, 0.15) is 0 Å². The summed E-state index contributed by atoms with van der Waals surface area (Å²) in [6.45, 7) is 2.01. The highest BCUT2D eigenvalue weighted by Crippen LogP contribution is 2.14. The molecule has 0 aromatic heterocycles. The van der Waals surface area contributed by atoms with Crippen LogP contribution in [0.4, 0.5) is 5.69 Å². The molecule has 0 fully saturated rings. The van der Waals surface area contributed by atoms with Gasteiger partial charge in [0.05, 0.1) is 10.9 Å². The molecule has 6 nitrogen and oxygen atoms in total. The minimum atomic E-state index is -3.78. The fourth-order valence-electron chi connectivity index (χ4n) is 1.54. The summed E-state index contributed by atoms with van der Waals surface area (Å²) in [4.78, 5) is 11.7. The van der Waals surface area contributed by atoms with Crippen LogP contribution in [0.3, 0.4) is 0 Å². The van der Waals surface area contributed by atoms with Crippen molar-refractivity contribution in [3.63, 3.8) is 0 Å². The standard InChI is InChI=1S/C12H19N3O3S/c1-2-3-7-11(13)12(16)15-9-5-4-6-10(8-9)19(14,17)18/h4-6,8,11H,2-3,7,13H2,1H3,(H,15,16)(H2,14,17,18). The summed E-state index contributed by atoms with van der Waals surface area (Å²) in [6, 6.07) is 5.16. The zero-order valence-electron chi connectivity index (χ0n) is 10.8. The van der Waals surface area contributed by atoms with Crippen molar-refractivity contribution in [3.8, 4) is 0 Å². The first-order valence-electron chi connectivity index (χ1n) is 6.04. The van der Waals surface area contributed by atoms with Crippen LogP contribution in [0, 0.1) is 0 Å². The monoisotopic (exact) mass is 285 g/mol. The molecule has 0 heterocycles. The molecule has 0 aliphatic rings. The van der Waals surface area contributed by atoms with Crippen molar-refractivity contribution >= 4 is 21.6 Å². The van der Waals surface area contributed by atoms with Crippen molar-refractivity contribution in [2.75, 3.05) is 5.32 Å². The number of unbranched alkanes of at least 4 members (excludes halogenated alkanes) is 1. The fourth-order valence-corrected chi connectivity index (χ4v) is 2.10. The zero-order chi connectivity index (χ0) is 14.5. The first-order chi connectivity index (χ1) is 8.84. The van der Waals surface area contributed by atoms with Crippen LogP contribution in [-0.4, -0.2) is 20.4 Å². The van der Waals surface area contributed by atoms with Gasteiger partial charge in [-0.05, 0) is 24.6 Å². The summed E-state index contributed by atoms with van der Waals surface area (Å²) in [7, 11) is -3.78. The van der Waals surface area contributed by atoms with E-state index < -0.39 is 16.1 Å². The van der Waals surface area contributed by atoms with E-state index >= 15 is 0 Å². The Morgan fingerprint density at radius 1 is 1.42 bits per heavy atom. The van der Waals surface area contributed by atoms with Crippen molar-refractivity contribution in [1.82, 2.24) is 0 Å². The molecular weight excluding hydrogens is 266 g/mol. The van der Waals surface area contributed by atoms with Gasteiger partial charge in [-0.2, -0.15) is 0 Å². The minimum Gasteiger partial charge on any atom is -0.325 e. The van der Waals surface area contributed by atoms with Gasteiger partial charge in [-0.1, -0.05) is 25.8 Å².